The van der Waals surface area contributed by atoms with Gasteiger partial charge in [-0.25, -0.2) is 0 Å². The van der Waals surface area contributed by atoms with Crippen molar-refractivity contribution in [1.29, 1.82) is 0 Å². The summed E-state index contributed by atoms with van der Waals surface area (Å²) in [5, 5.41) is 0. The first kappa shape index (κ1) is 19.4. The van der Waals surface area contributed by atoms with Crippen LogP contribution in [0.25, 0.3) is 0 Å². The minimum Gasteiger partial charge on any atom is -0.459 e. The molecule has 26 heavy (non-hydrogen) atoms. The van der Waals surface area contributed by atoms with Crippen molar-refractivity contribution < 1.29 is 18.8 Å². The van der Waals surface area contributed by atoms with Gasteiger partial charge in [0.15, 0.2) is 11.5 Å². The van der Waals surface area contributed by atoms with Crippen molar-refractivity contribution in [3.8, 4) is 0 Å². The van der Waals surface area contributed by atoms with Crippen molar-refractivity contribution in [2.45, 2.75) is 45.4 Å². The molecule has 0 saturated heterocycles. The Hall–Kier alpha value is -2.89. The van der Waals surface area contributed by atoms with E-state index in [0.29, 0.717) is 5.56 Å². The highest BCUT2D eigenvalue weighted by atomic mass is 16.3. The van der Waals surface area contributed by atoms with E-state index in [2.05, 4.69) is 17.8 Å². The number of hydrogen-bond donors (Lipinski definition) is 2. The fraction of sp³-hybridized carbons (Fsp3) is 0.350. The zero-order chi connectivity index (χ0) is 18.8. The van der Waals surface area contributed by atoms with E-state index >= 15 is 0 Å². The lowest BCUT2D eigenvalue weighted by atomic mass is 10.0. The topological polar surface area (TPSA) is 88.4 Å². The van der Waals surface area contributed by atoms with Gasteiger partial charge in [0, 0.05) is 18.4 Å². The van der Waals surface area contributed by atoms with E-state index in [1.54, 1.807) is 18.2 Å². The third kappa shape index (κ3) is 6.20. The van der Waals surface area contributed by atoms with Gasteiger partial charge < -0.3 is 4.42 Å². The molecule has 0 aliphatic heterocycles. The number of carbonyl (C=O) groups excluding carboxylic acids is 3. The van der Waals surface area contributed by atoms with E-state index in [0.717, 1.165) is 12.8 Å². The van der Waals surface area contributed by atoms with Crippen LogP contribution in [0.15, 0.2) is 47.1 Å². The zero-order valence-corrected chi connectivity index (χ0v) is 14.9. The van der Waals surface area contributed by atoms with Gasteiger partial charge in [-0.05, 0) is 30.5 Å². The first-order valence-electron chi connectivity index (χ1n) is 8.85. The number of furan rings is 1. The van der Waals surface area contributed by atoms with Crippen LogP contribution in [0.5, 0.6) is 0 Å². The van der Waals surface area contributed by atoms with Crippen molar-refractivity contribution in [3.05, 3.63) is 59.5 Å². The molecule has 0 bridgehead atoms. The molecule has 2 N–H and O–H groups in total. The minimum absolute atomic E-state index is 0.00444. The largest absolute Gasteiger partial charge is 0.459 e. The molecular weight excluding hydrogens is 332 g/mol. The molecule has 0 radical (unpaired) electrons. The maximum Gasteiger partial charge on any atom is 0.305 e. The van der Waals surface area contributed by atoms with Gasteiger partial charge >= 0.3 is 5.91 Å². The molecule has 1 heterocycles. The highest BCUT2D eigenvalue weighted by Gasteiger charge is 2.12. The molecule has 138 valence electrons. The van der Waals surface area contributed by atoms with E-state index in [1.165, 1.54) is 30.7 Å². The van der Waals surface area contributed by atoms with Crippen LogP contribution in [0.4, 0.5) is 0 Å². The number of benzene rings is 1. The summed E-state index contributed by atoms with van der Waals surface area (Å²) in [6.45, 7) is 2.17. The number of nitrogens with one attached hydrogen (secondary N) is 2. The van der Waals surface area contributed by atoms with Crippen LogP contribution in [0.3, 0.4) is 0 Å². The quantitative estimate of drug-likeness (QED) is 0.409. The van der Waals surface area contributed by atoms with E-state index in [-0.39, 0.29) is 24.4 Å². The molecule has 1 aromatic carbocycles. The second kappa shape index (κ2) is 10.2. The second-order valence-corrected chi connectivity index (χ2v) is 6.06. The first-order chi connectivity index (χ1) is 12.6. The maximum atomic E-state index is 12.2. The van der Waals surface area contributed by atoms with Crippen molar-refractivity contribution in [2.24, 2.45) is 0 Å². The molecule has 6 heteroatoms. The normalized spacial score (nSPS) is 10.3. The van der Waals surface area contributed by atoms with Gasteiger partial charge in [-0.2, -0.15) is 0 Å². The van der Waals surface area contributed by atoms with Crippen LogP contribution in [0.2, 0.25) is 0 Å². The first-order valence-corrected chi connectivity index (χ1v) is 8.85. The van der Waals surface area contributed by atoms with Crippen molar-refractivity contribution in [3.63, 3.8) is 0 Å². The van der Waals surface area contributed by atoms with E-state index in [9.17, 15) is 14.4 Å². The highest BCUT2D eigenvalue weighted by molar-refractivity contribution is 5.98. The number of ketones is 1. The summed E-state index contributed by atoms with van der Waals surface area (Å²) in [6.07, 6.45) is 5.98. The highest BCUT2D eigenvalue weighted by Crippen LogP contribution is 2.11. The van der Waals surface area contributed by atoms with Crippen molar-refractivity contribution >= 4 is 17.6 Å². The fourth-order valence-corrected chi connectivity index (χ4v) is 2.47. The molecule has 0 aliphatic carbocycles. The summed E-state index contributed by atoms with van der Waals surface area (Å²) in [4.78, 5) is 35.5. The molecular formula is C20H24N2O4. The molecule has 2 rings (SSSR count). The monoisotopic (exact) mass is 356 g/mol. The maximum absolute atomic E-state index is 12.2. The summed E-state index contributed by atoms with van der Waals surface area (Å²) in [6, 6.07) is 10.6. The van der Waals surface area contributed by atoms with Crippen molar-refractivity contribution in [1.82, 2.24) is 10.9 Å². The summed E-state index contributed by atoms with van der Waals surface area (Å²) in [7, 11) is 0. The number of amides is 2. The Labute approximate surface area is 152 Å². The SMILES string of the molecule is CCCCCc1ccc(C(=O)CCC(=O)NNC(=O)c2ccco2)cc1. The lowest BCUT2D eigenvalue weighted by Gasteiger charge is -2.06. The van der Waals surface area contributed by atoms with Gasteiger partial charge in [0.25, 0.3) is 0 Å². The molecule has 0 atom stereocenters. The minimum atomic E-state index is -0.548. The third-order valence-electron chi connectivity index (χ3n) is 3.98. The third-order valence-corrected chi connectivity index (χ3v) is 3.98. The number of carbonyl (C=O) groups is 3. The average molecular weight is 356 g/mol. The molecule has 1 aromatic heterocycles. The van der Waals surface area contributed by atoms with Crippen molar-refractivity contribution in [2.75, 3.05) is 0 Å². The molecule has 0 saturated carbocycles. The average Bonchev–Trinajstić information content (AvgIpc) is 3.20. The smallest absolute Gasteiger partial charge is 0.305 e. The van der Waals surface area contributed by atoms with E-state index in [1.807, 2.05) is 12.1 Å². The second-order valence-electron chi connectivity index (χ2n) is 6.06. The van der Waals surface area contributed by atoms with Crippen LogP contribution in [-0.2, 0) is 11.2 Å². The number of hydrazine groups is 1. The summed E-state index contributed by atoms with van der Waals surface area (Å²) < 4.78 is 4.91. The van der Waals surface area contributed by atoms with Crippen LogP contribution in [-0.4, -0.2) is 17.6 Å². The van der Waals surface area contributed by atoms with Gasteiger partial charge in [0.05, 0.1) is 6.26 Å². The van der Waals surface area contributed by atoms with Gasteiger partial charge in [-0.1, -0.05) is 44.0 Å². The van der Waals surface area contributed by atoms with Gasteiger partial charge in [0.2, 0.25) is 5.91 Å². The van der Waals surface area contributed by atoms with Crippen LogP contribution in [0.1, 0.15) is 65.5 Å². The predicted octanol–water partition coefficient (Wildman–Crippen LogP) is 3.44. The molecule has 2 amide bonds. The number of unbranched alkanes of at least 4 members (excludes halogenated alkanes) is 2. The molecule has 0 unspecified atom stereocenters. The van der Waals surface area contributed by atoms with E-state index in [4.69, 9.17) is 4.42 Å². The van der Waals surface area contributed by atoms with Crippen LogP contribution < -0.4 is 10.9 Å². The fourth-order valence-electron chi connectivity index (χ4n) is 2.47. The Morgan fingerprint density at radius 3 is 2.38 bits per heavy atom. The molecule has 6 nitrogen and oxygen atoms in total. The Morgan fingerprint density at radius 1 is 0.962 bits per heavy atom. The Balaban J connectivity index is 1.71. The van der Waals surface area contributed by atoms with Gasteiger partial charge in [0.1, 0.15) is 0 Å². The zero-order valence-electron chi connectivity index (χ0n) is 14.9. The Morgan fingerprint density at radius 2 is 1.73 bits per heavy atom. The lowest BCUT2D eigenvalue weighted by molar-refractivity contribution is -0.121. The summed E-state index contributed by atoms with van der Waals surface area (Å²) in [5.41, 5.74) is 6.31. The number of hydrogen-bond acceptors (Lipinski definition) is 4. The number of Topliss-reactive ketones (excluding diaryl/α,β-unsaturated/α-hetero) is 1. The molecule has 0 fully saturated rings. The predicted molar refractivity (Wildman–Crippen MR) is 97.6 cm³/mol. The van der Waals surface area contributed by atoms with Gasteiger partial charge in [-0.15, -0.1) is 0 Å². The molecule has 0 aliphatic rings. The Bertz CT molecular complexity index is 721. The summed E-state index contributed by atoms with van der Waals surface area (Å²) in [5.74, 6) is -0.985. The molecule has 0 spiro atoms. The number of aryl methyl sites for hydroxylation is 1. The van der Waals surface area contributed by atoms with Crippen LogP contribution >= 0.6 is 0 Å². The lowest BCUT2D eigenvalue weighted by Crippen LogP contribution is -2.41. The van der Waals surface area contributed by atoms with Crippen LogP contribution in [0, 0.1) is 0 Å². The Kier molecular flexibility index (Phi) is 7.61. The number of rotatable bonds is 9. The van der Waals surface area contributed by atoms with E-state index < -0.39 is 11.8 Å². The summed E-state index contributed by atoms with van der Waals surface area (Å²) >= 11 is 0. The van der Waals surface area contributed by atoms with Gasteiger partial charge in [-0.3, -0.25) is 25.2 Å². The standard InChI is InChI=1S/C20H24N2O4/c1-2-3-4-6-15-8-10-16(11-9-15)17(23)12-13-19(24)21-22-20(25)18-7-5-14-26-18/h5,7-11,14H,2-4,6,12-13H2,1H3,(H,21,24)(H,22,25). The molecule has 2 aromatic rings.